The monoisotopic (exact) mass is 131 g/mol. The molecule has 0 aromatic carbocycles. The van der Waals surface area contributed by atoms with E-state index < -0.39 is 5.79 Å². The minimum Gasteiger partial charge on any atom is -0.361 e. The highest BCUT2D eigenvalue weighted by Gasteiger charge is 2.11. The molecule has 1 N–H and O–H groups in total. The van der Waals surface area contributed by atoms with Crippen LogP contribution in [0.5, 0.6) is 0 Å². The molecule has 0 radical (unpaired) electrons. The van der Waals surface area contributed by atoms with Crippen LogP contribution in [0.15, 0.2) is 5.16 Å². The van der Waals surface area contributed by atoms with Gasteiger partial charge < -0.3 is 9.94 Å². The van der Waals surface area contributed by atoms with E-state index in [1.165, 1.54) is 13.8 Å². The molecule has 0 aliphatic carbocycles. The van der Waals surface area contributed by atoms with Gasteiger partial charge in [-0.2, -0.15) is 0 Å². The molecule has 0 fully saturated rings. The standard InChI is InChI=1S/C6H13NO2/c1-5(2)7-9-6(3,4)8/h8H,1-4H3. The maximum Gasteiger partial charge on any atom is 0.228 e. The summed E-state index contributed by atoms with van der Waals surface area (Å²) in [6, 6.07) is 0. The van der Waals surface area contributed by atoms with Gasteiger partial charge in [0.15, 0.2) is 0 Å². The van der Waals surface area contributed by atoms with E-state index in [4.69, 9.17) is 5.11 Å². The molecule has 0 aromatic rings. The predicted octanol–water partition coefficient (Wildman–Crippen LogP) is 1.13. The van der Waals surface area contributed by atoms with Gasteiger partial charge >= 0.3 is 0 Å². The van der Waals surface area contributed by atoms with Crippen LogP contribution in [0.2, 0.25) is 0 Å². The first-order chi connectivity index (χ1) is 3.92. The van der Waals surface area contributed by atoms with E-state index in [9.17, 15) is 0 Å². The van der Waals surface area contributed by atoms with Crippen LogP contribution in [0, 0.1) is 0 Å². The maximum atomic E-state index is 8.94. The SMILES string of the molecule is CC(C)=NOC(C)(C)O. The van der Waals surface area contributed by atoms with E-state index in [1.54, 1.807) is 13.8 Å². The maximum absolute atomic E-state index is 8.94. The first-order valence-electron chi connectivity index (χ1n) is 2.83. The Bertz CT molecular complexity index is 109. The Balaban J connectivity index is 3.64. The number of nitrogens with zero attached hydrogens (tertiary/aromatic N) is 1. The minimum absolute atomic E-state index is 0.789. The molecule has 54 valence electrons. The Labute approximate surface area is 55.3 Å². The normalized spacial score (nSPS) is 10.8. The van der Waals surface area contributed by atoms with Gasteiger partial charge in [-0.15, -0.1) is 0 Å². The summed E-state index contributed by atoms with van der Waals surface area (Å²) >= 11 is 0. The molecule has 0 saturated carbocycles. The van der Waals surface area contributed by atoms with Gasteiger partial charge in [0.05, 0.1) is 5.71 Å². The molecule has 0 amide bonds. The van der Waals surface area contributed by atoms with Gasteiger partial charge in [-0.05, 0) is 13.8 Å². The molecular weight excluding hydrogens is 118 g/mol. The number of hydrogen-bond acceptors (Lipinski definition) is 3. The Morgan fingerprint density at radius 2 is 1.89 bits per heavy atom. The molecule has 0 unspecified atom stereocenters. The van der Waals surface area contributed by atoms with Crippen LogP contribution >= 0.6 is 0 Å². The lowest BCUT2D eigenvalue weighted by molar-refractivity contribution is -0.175. The average Bonchev–Trinajstić information content (AvgIpc) is 1.59. The molecule has 0 atom stereocenters. The summed E-state index contributed by atoms with van der Waals surface area (Å²) in [5.41, 5.74) is 0.789. The van der Waals surface area contributed by atoms with E-state index in [1.807, 2.05) is 0 Å². The fourth-order valence-corrected chi connectivity index (χ4v) is 0.203. The van der Waals surface area contributed by atoms with Crippen LogP contribution in [0.4, 0.5) is 0 Å². The lowest BCUT2D eigenvalue weighted by atomic mass is 10.4. The van der Waals surface area contributed by atoms with E-state index in [0.29, 0.717) is 0 Å². The summed E-state index contributed by atoms with van der Waals surface area (Å²) in [6.45, 7) is 6.65. The lowest BCUT2D eigenvalue weighted by Gasteiger charge is -2.13. The van der Waals surface area contributed by atoms with Crippen molar-refractivity contribution >= 4 is 5.71 Å². The van der Waals surface area contributed by atoms with Crippen molar-refractivity contribution < 1.29 is 9.94 Å². The van der Waals surface area contributed by atoms with Crippen molar-refractivity contribution in [2.45, 2.75) is 33.5 Å². The van der Waals surface area contributed by atoms with Crippen molar-refractivity contribution in [2.75, 3.05) is 0 Å². The molecule has 0 aromatic heterocycles. The molecule has 3 nitrogen and oxygen atoms in total. The zero-order valence-electron chi connectivity index (χ0n) is 6.30. The second kappa shape index (κ2) is 2.82. The molecule has 0 rings (SSSR count). The van der Waals surface area contributed by atoms with Gasteiger partial charge in [0.25, 0.3) is 0 Å². The molecule has 0 saturated heterocycles. The zero-order chi connectivity index (χ0) is 7.49. The fourth-order valence-electron chi connectivity index (χ4n) is 0.203. The molecule has 0 bridgehead atoms. The van der Waals surface area contributed by atoms with E-state index >= 15 is 0 Å². The molecule has 0 aliphatic heterocycles. The highest BCUT2D eigenvalue weighted by molar-refractivity contribution is 5.78. The van der Waals surface area contributed by atoms with Crippen molar-refractivity contribution in [3.8, 4) is 0 Å². The third-order valence-corrected chi connectivity index (χ3v) is 0.452. The van der Waals surface area contributed by atoms with Crippen molar-refractivity contribution in [1.82, 2.24) is 0 Å². The number of oxime groups is 1. The summed E-state index contributed by atoms with van der Waals surface area (Å²) < 4.78 is 0. The second-order valence-electron chi connectivity index (χ2n) is 2.58. The molecule has 3 heteroatoms. The Morgan fingerprint density at radius 3 is 2.00 bits per heavy atom. The van der Waals surface area contributed by atoms with Gasteiger partial charge in [0, 0.05) is 13.8 Å². The predicted molar refractivity (Wildman–Crippen MR) is 36.2 cm³/mol. The highest BCUT2D eigenvalue weighted by atomic mass is 16.7. The van der Waals surface area contributed by atoms with Gasteiger partial charge in [0.1, 0.15) is 0 Å². The van der Waals surface area contributed by atoms with Crippen LogP contribution < -0.4 is 0 Å². The molecule has 0 aliphatic rings. The van der Waals surface area contributed by atoms with Crippen molar-refractivity contribution in [3.05, 3.63) is 0 Å². The highest BCUT2D eigenvalue weighted by Crippen LogP contribution is 2.02. The number of rotatable bonds is 2. The van der Waals surface area contributed by atoms with Gasteiger partial charge in [-0.25, -0.2) is 0 Å². The first kappa shape index (κ1) is 8.43. The van der Waals surface area contributed by atoms with E-state index in [-0.39, 0.29) is 0 Å². The third-order valence-electron chi connectivity index (χ3n) is 0.452. The first-order valence-corrected chi connectivity index (χ1v) is 2.83. The second-order valence-corrected chi connectivity index (χ2v) is 2.58. The molecule has 9 heavy (non-hydrogen) atoms. The summed E-state index contributed by atoms with van der Waals surface area (Å²) in [5.74, 6) is -1.16. The van der Waals surface area contributed by atoms with Gasteiger partial charge in [-0.1, -0.05) is 5.16 Å². The third kappa shape index (κ3) is 7.43. The van der Waals surface area contributed by atoms with Crippen LogP contribution in [0.1, 0.15) is 27.7 Å². The topological polar surface area (TPSA) is 41.8 Å². The zero-order valence-corrected chi connectivity index (χ0v) is 6.30. The van der Waals surface area contributed by atoms with Crippen molar-refractivity contribution in [3.63, 3.8) is 0 Å². The molecule has 0 spiro atoms. The quantitative estimate of drug-likeness (QED) is 0.346. The molecular formula is C6H13NO2. The number of hydrogen-bond donors (Lipinski definition) is 1. The van der Waals surface area contributed by atoms with Crippen molar-refractivity contribution in [1.29, 1.82) is 0 Å². The summed E-state index contributed by atoms with van der Waals surface area (Å²) in [6.07, 6.45) is 0. The Kier molecular flexibility index (Phi) is 2.65. The summed E-state index contributed by atoms with van der Waals surface area (Å²) in [4.78, 5) is 4.63. The lowest BCUT2D eigenvalue weighted by Crippen LogP contribution is -2.20. The van der Waals surface area contributed by atoms with Crippen LogP contribution in [0.25, 0.3) is 0 Å². The fraction of sp³-hybridized carbons (Fsp3) is 0.833. The van der Waals surface area contributed by atoms with E-state index in [0.717, 1.165) is 5.71 Å². The van der Waals surface area contributed by atoms with Crippen LogP contribution in [-0.4, -0.2) is 16.6 Å². The largest absolute Gasteiger partial charge is 0.361 e. The van der Waals surface area contributed by atoms with Crippen LogP contribution in [-0.2, 0) is 4.84 Å². The molecule has 0 heterocycles. The number of aliphatic hydroxyl groups is 1. The van der Waals surface area contributed by atoms with Gasteiger partial charge in [-0.3, -0.25) is 0 Å². The summed E-state index contributed by atoms with van der Waals surface area (Å²) in [5, 5.41) is 12.5. The smallest absolute Gasteiger partial charge is 0.228 e. The summed E-state index contributed by atoms with van der Waals surface area (Å²) in [7, 11) is 0. The van der Waals surface area contributed by atoms with Crippen LogP contribution in [0.3, 0.4) is 0 Å². The Morgan fingerprint density at radius 1 is 1.44 bits per heavy atom. The van der Waals surface area contributed by atoms with E-state index in [2.05, 4.69) is 9.99 Å². The Hall–Kier alpha value is -0.570. The average molecular weight is 131 g/mol. The minimum atomic E-state index is -1.16. The van der Waals surface area contributed by atoms with Crippen molar-refractivity contribution in [2.24, 2.45) is 5.16 Å². The van der Waals surface area contributed by atoms with Gasteiger partial charge in [0.2, 0.25) is 5.79 Å².